The standard InChI is InChI=1S/C48H56FN3O9Si/c1-46(2,3)59-45(56)52-21-15-20-33(52)30-24-34(57-25-27-16-11-9-12-17-27)36-31(38(30)49)22-29-23-32-39(50)41-37(44(51-60-41)58-26-28-18-13-10-14-19-28)43(55)48(32,42(54)35(29)40(36)53)61-62(7,8)47(4,5)6/h9-14,16-19,24,29,32-33,39,54H,15,20-23,25-26,50H2,1-8H3/t29-,32-,33?,39-,48-/m0/s1. The molecule has 1 saturated heterocycles. The van der Waals surface area contributed by atoms with E-state index in [2.05, 4.69) is 5.16 Å². The maximum absolute atomic E-state index is 17.4. The Bertz CT molecular complexity index is 2440. The molecule has 3 N–H and O–H groups in total. The number of halogens is 1. The Morgan fingerprint density at radius 3 is 2.23 bits per heavy atom. The molecule has 14 heteroatoms. The summed E-state index contributed by atoms with van der Waals surface area (Å²) in [6.07, 6.45) is 0.582. The Morgan fingerprint density at radius 1 is 0.984 bits per heavy atom. The molecule has 0 saturated carbocycles. The minimum Gasteiger partial charge on any atom is -0.508 e. The molecule has 1 fully saturated rings. The Balaban J connectivity index is 1.27. The highest BCUT2D eigenvalue weighted by Gasteiger charge is 2.66. The van der Waals surface area contributed by atoms with Crippen molar-refractivity contribution in [2.24, 2.45) is 17.6 Å². The number of nitrogens with two attached hydrogens (primary N) is 1. The van der Waals surface area contributed by atoms with E-state index in [-0.39, 0.29) is 71.3 Å². The first-order valence-electron chi connectivity index (χ1n) is 21.4. The van der Waals surface area contributed by atoms with E-state index in [1.54, 1.807) is 20.8 Å². The number of amides is 1. The highest BCUT2D eigenvalue weighted by atomic mass is 28.4. The van der Waals surface area contributed by atoms with Crippen LogP contribution in [0.2, 0.25) is 18.1 Å². The lowest BCUT2D eigenvalue weighted by Crippen LogP contribution is -2.64. The molecule has 328 valence electrons. The van der Waals surface area contributed by atoms with Gasteiger partial charge in [-0.25, -0.2) is 9.18 Å². The number of Topliss-reactive ketones (excluding diaryl/α,β-unsaturated/α-hetero) is 2. The van der Waals surface area contributed by atoms with Crippen LogP contribution >= 0.6 is 0 Å². The van der Waals surface area contributed by atoms with Gasteiger partial charge in [0.05, 0.1) is 17.6 Å². The van der Waals surface area contributed by atoms with E-state index < -0.39 is 77.7 Å². The second-order valence-electron chi connectivity index (χ2n) is 19.5. The zero-order valence-corrected chi connectivity index (χ0v) is 37.7. The van der Waals surface area contributed by atoms with Crippen molar-refractivity contribution in [3.63, 3.8) is 0 Å². The van der Waals surface area contributed by atoms with Crippen molar-refractivity contribution in [1.29, 1.82) is 0 Å². The molecule has 2 heterocycles. The third-order valence-corrected chi connectivity index (χ3v) is 17.7. The number of fused-ring (bicyclic) bond motifs is 4. The molecule has 5 atom stereocenters. The predicted octanol–water partition coefficient (Wildman–Crippen LogP) is 9.89. The molecule has 3 aromatic carbocycles. The number of rotatable bonds is 9. The highest BCUT2D eigenvalue weighted by molar-refractivity contribution is 6.74. The molecule has 1 aliphatic heterocycles. The SMILES string of the molecule is CC(C)(C)OC(=O)N1CCCC1c1cc(OCc2ccccc2)c2c(c1F)C[C@H]1C[C@H]3[C@H](N)c4onc(OCc5ccccc5)c4C(=O)[C@@]3(O[Si](C)(C)C(C)(C)C)C(O)=C1C2=O. The van der Waals surface area contributed by atoms with Crippen LogP contribution in [-0.2, 0) is 28.8 Å². The first-order chi connectivity index (χ1) is 29.2. The first-order valence-corrected chi connectivity index (χ1v) is 24.3. The van der Waals surface area contributed by atoms with Crippen LogP contribution in [0.4, 0.5) is 9.18 Å². The second-order valence-corrected chi connectivity index (χ2v) is 24.3. The maximum atomic E-state index is 17.4. The predicted molar refractivity (Wildman–Crippen MR) is 231 cm³/mol. The van der Waals surface area contributed by atoms with Gasteiger partial charge in [-0.15, -0.1) is 0 Å². The van der Waals surface area contributed by atoms with E-state index in [1.165, 1.54) is 11.0 Å². The van der Waals surface area contributed by atoms with E-state index >= 15 is 14.0 Å². The van der Waals surface area contributed by atoms with Crippen LogP contribution in [0, 0.1) is 17.7 Å². The van der Waals surface area contributed by atoms with Gasteiger partial charge in [-0.3, -0.25) is 9.59 Å². The van der Waals surface area contributed by atoms with Gasteiger partial charge in [-0.1, -0.05) is 81.4 Å². The Morgan fingerprint density at radius 2 is 1.61 bits per heavy atom. The van der Waals surface area contributed by atoms with Gasteiger partial charge in [0, 0.05) is 29.2 Å². The lowest BCUT2D eigenvalue weighted by atomic mass is 9.59. The molecule has 1 amide bonds. The van der Waals surface area contributed by atoms with Crippen LogP contribution in [0.1, 0.15) is 122 Å². The zero-order valence-electron chi connectivity index (χ0n) is 36.7. The lowest BCUT2D eigenvalue weighted by Gasteiger charge is -2.53. The summed E-state index contributed by atoms with van der Waals surface area (Å²) in [4.78, 5) is 45.7. The molecular formula is C48H56FN3O9Si. The number of ketones is 2. The Labute approximate surface area is 362 Å². The maximum Gasteiger partial charge on any atom is 0.410 e. The van der Waals surface area contributed by atoms with Gasteiger partial charge in [0.2, 0.25) is 5.78 Å². The molecule has 4 aliphatic rings. The van der Waals surface area contributed by atoms with Crippen molar-refractivity contribution in [2.75, 3.05) is 6.54 Å². The van der Waals surface area contributed by atoms with E-state index in [0.29, 0.717) is 19.4 Å². The zero-order chi connectivity index (χ0) is 44.5. The third kappa shape index (κ3) is 7.43. The van der Waals surface area contributed by atoms with E-state index in [9.17, 15) is 9.90 Å². The molecule has 1 unspecified atom stereocenters. The molecule has 0 radical (unpaired) electrons. The van der Waals surface area contributed by atoms with Crippen molar-refractivity contribution in [1.82, 2.24) is 10.1 Å². The molecular weight excluding hydrogens is 810 g/mol. The number of aromatic nitrogens is 1. The number of carbonyl (C=O) groups is 3. The van der Waals surface area contributed by atoms with Gasteiger partial charge in [-0.05, 0) is 92.9 Å². The summed E-state index contributed by atoms with van der Waals surface area (Å²) in [5.41, 5.74) is 6.01. The van der Waals surface area contributed by atoms with Crippen molar-refractivity contribution >= 4 is 26.0 Å². The quantitative estimate of drug-likeness (QED) is 0.154. The number of allylic oxidation sites excluding steroid dienone is 1. The summed E-state index contributed by atoms with van der Waals surface area (Å²) < 4.78 is 48.6. The normalized spacial score (nSPS) is 23.7. The fourth-order valence-corrected chi connectivity index (χ4v) is 10.7. The number of carbonyl (C=O) groups excluding carboxylic acids is 3. The van der Waals surface area contributed by atoms with Gasteiger partial charge in [0.1, 0.15) is 41.7 Å². The van der Waals surface area contributed by atoms with Crippen LogP contribution in [0.25, 0.3) is 0 Å². The second kappa shape index (κ2) is 15.8. The number of likely N-dealkylation sites (tertiary alicyclic amines) is 1. The van der Waals surface area contributed by atoms with Gasteiger partial charge in [0.15, 0.2) is 25.5 Å². The number of hydrogen-bond acceptors (Lipinski definition) is 11. The molecule has 1 aromatic heterocycles. The summed E-state index contributed by atoms with van der Waals surface area (Å²) in [7, 11) is -2.99. The average molecular weight is 866 g/mol. The smallest absolute Gasteiger partial charge is 0.410 e. The Kier molecular flexibility index (Phi) is 11.0. The van der Waals surface area contributed by atoms with Crippen molar-refractivity contribution < 1.29 is 47.0 Å². The van der Waals surface area contributed by atoms with Gasteiger partial charge in [0.25, 0.3) is 5.88 Å². The number of benzene rings is 3. The van der Waals surface area contributed by atoms with E-state index in [4.69, 9.17) is 28.9 Å². The number of hydrogen-bond donors (Lipinski definition) is 2. The van der Waals surface area contributed by atoms with Gasteiger partial charge in [-0.2, -0.15) is 0 Å². The van der Waals surface area contributed by atoms with E-state index in [1.807, 2.05) is 94.5 Å². The summed E-state index contributed by atoms with van der Waals surface area (Å²) >= 11 is 0. The minimum absolute atomic E-state index is 0.0245. The van der Waals surface area contributed by atoms with Crippen LogP contribution in [0.15, 0.2) is 82.6 Å². The number of ether oxygens (including phenoxy) is 3. The fraction of sp³-hybridized carbons (Fsp3) is 0.458. The number of nitrogens with zero attached hydrogens (tertiary/aromatic N) is 2. The molecule has 8 rings (SSSR count). The molecule has 62 heavy (non-hydrogen) atoms. The summed E-state index contributed by atoms with van der Waals surface area (Å²) in [5.74, 6) is -4.14. The third-order valence-electron chi connectivity index (χ3n) is 13.3. The first kappa shape index (κ1) is 43.3. The number of aliphatic hydroxyl groups excluding tert-OH is 1. The molecule has 0 bridgehead atoms. The van der Waals surface area contributed by atoms with Crippen LogP contribution in [0.5, 0.6) is 11.6 Å². The lowest BCUT2D eigenvalue weighted by molar-refractivity contribution is -0.0274. The topological polar surface area (TPSA) is 164 Å². The van der Waals surface area contributed by atoms with E-state index in [0.717, 1.165) is 11.1 Å². The monoisotopic (exact) mass is 865 g/mol. The largest absolute Gasteiger partial charge is 0.508 e. The highest BCUT2D eigenvalue weighted by Crippen LogP contribution is 2.59. The minimum atomic E-state index is -2.99. The van der Waals surface area contributed by atoms with Gasteiger partial charge >= 0.3 is 6.09 Å². The van der Waals surface area contributed by atoms with Crippen molar-refractivity contribution in [2.45, 2.75) is 122 Å². The summed E-state index contributed by atoms with van der Waals surface area (Å²) in [6, 6.07) is 18.5. The summed E-state index contributed by atoms with van der Waals surface area (Å²) in [6.45, 7) is 15.8. The summed E-state index contributed by atoms with van der Waals surface area (Å²) in [5, 5.41) is 16.6. The average Bonchev–Trinajstić information content (AvgIpc) is 3.88. The Hall–Kier alpha value is -5.31. The van der Waals surface area contributed by atoms with Crippen LogP contribution in [0.3, 0.4) is 0 Å². The number of aliphatic hydroxyl groups is 1. The molecule has 0 spiro atoms. The van der Waals surface area contributed by atoms with Crippen LogP contribution in [-0.4, -0.2) is 58.9 Å². The van der Waals surface area contributed by atoms with Gasteiger partial charge < -0.3 is 38.9 Å². The van der Waals surface area contributed by atoms with Crippen molar-refractivity contribution in [3.05, 3.63) is 123 Å². The fourth-order valence-electron chi connectivity index (χ4n) is 9.21. The van der Waals surface area contributed by atoms with Crippen molar-refractivity contribution in [3.8, 4) is 11.6 Å². The molecule has 3 aliphatic carbocycles. The molecule has 4 aromatic rings. The molecule has 12 nitrogen and oxygen atoms in total. The van der Waals surface area contributed by atoms with Crippen LogP contribution < -0.4 is 15.2 Å².